The van der Waals surface area contributed by atoms with Gasteiger partial charge in [-0.05, 0) is 72.4 Å². The monoisotopic (exact) mass is 484 g/mol. The van der Waals surface area contributed by atoms with Gasteiger partial charge in [0.15, 0.2) is 0 Å². The summed E-state index contributed by atoms with van der Waals surface area (Å²) in [5.41, 5.74) is 6.74. The second-order valence-electron chi connectivity index (χ2n) is 10.5. The van der Waals surface area contributed by atoms with Crippen LogP contribution in [0.15, 0.2) is 66.7 Å². The third kappa shape index (κ3) is 5.88. The third-order valence-electron chi connectivity index (χ3n) is 6.77. The standard InChI is InChI=1S/C30H36N4O2/c1-21-7-6-8-22(2)27(21)32-29(36)31-25-13-15-26(16-14-25)33-17-19-34(20-18-33)28(35)23-9-11-24(12-10-23)30(3,4)5/h6-16H,17-20H2,1-5H3,(H2,31,32,36). The fourth-order valence-electron chi connectivity index (χ4n) is 4.51. The van der Waals surface area contributed by atoms with E-state index in [4.69, 9.17) is 0 Å². The highest BCUT2D eigenvalue weighted by Crippen LogP contribution is 2.24. The Bertz CT molecular complexity index is 1200. The van der Waals surface area contributed by atoms with Crippen LogP contribution in [-0.2, 0) is 5.41 Å². The first-order chi connectivity index (χ1) is 17.1. The van der Waals surface area contributed by atoms with E-state index in [0.29, 0.717) is 13.1 Å². The van der Waals surface area contributed by atoms with Gasteiger partial charge in [-0.15, -0.1) is 0 Å². The van der Waals surface area contributed by atoms with Crippen molar-refractivity contribution in [3.63, 3.8) is 0 Å². The second kappa shape index (κ2) is 10.4. The van der Waals surface area contributed by atoms with Crippen LogP contribution >= 0.6 is 0 Å². The van der Waals surface area contributed by atoms with E-state index in [1.165, 1.54) is 5.56 Å². The average Bonchev–Trinajstić information content (AvgIpc) is 2.86. The van der Waals surface area contributed by atoms with Crippen LogP contribution in [0.1, 0.15) is 47.8 Å². The van der Waals surface area contributed by atoms with Gasteiger partial charge in [-0.1, -0.05) is 51.1 Å². The molecule has 1 aliphatic rings. The molecule has 4 rings (SSSR count). The van der Waals surface area contributed by atoms with Gasteiger partial charge in [-0.3, -0.25) is 4.79 Å². The first-order valence-corrected chi connectivity index (χ1v) is 12.5. The molecule has 0 bridgehead atoms. The largest absolute Gasteiger partial charge is 0.368 e. The van der Waals surface area contributed by atoms with E-state index >= 15 is 0 Å². The molecular formula is C30H36N4O2. The summed E-state index contributed by atoms with van der Waals surface area (Å²) in [7, 11) is 0. The maximum absolute atomic E-state index is 13.0. The van der Waals surface area contributed by atoms with Gasteiger partial charge >= 0.3 is 6.03 Å². The molecule has 3 aromatic rings. The molecule has 0 aliphatic carbocycles. The lowest BCUT2D eigenvalue weighted by molar-refractivity contribution is 0.0746. The number of carbonyl (C=O) groups is 2. The number of nitrogens with zero attached hydrogens (tertiary/aromatic N) is 2. The normalized spacial score (nSPS) is 13.9. The summed E-state index contributed by atoms with van der Waals surface area (Å²) in [6.07, 6.45) is 0. The van der Waals surface area contributed by atoms with Crippen LogP contribution in [0.2, 0.25) is 0 Å². The van der Waals surface area contributed by atoms with Crippen LogP contribution in [0.3, 0.4) is 0 Å². The molecule has 0 saturated carbocycles. The zero-order chi connectivity index (χ0) is 25.9. The van der Waals surface area contributed by atoms with E-state index in [1.807, 2.05) is 73.3 Å². The van der Waals surface area contributed by atoms with Crippen molar-refractivity contribution in [3.05, 3.63) is 89.0 Å². The van der Waals surface area contributed by atoms with Crippen LogP contribution in [0.25, 0.3) is 0 Å². The van der Waals surface area contributed by atoms with Gasteiger partial charge in [0.25, 0.3) is 5.91 Å². The number of rotatable bonds is 4. The summed E-state index contributed by atoms with van der Waals surface area (Å²) in [6.45, 7) is 13.4. The molecule has 0 aromatic heterocycles. The van der Waals surface area contributed by atoms with Gasteiger partial charge in [0.1, 0.15) is 0 Å². The molecule has 3 amide bonds. The minimum atomic E-state index is -0.261. The molecule has 3 aromatic carbocycles. The summed E-state index contributed by atoms with van der Waals surface area (Å²) >= 11 is 0. The Labute approximate surface area is 214 Å². The van der Waals surface area contributed by atoms with Crippen molar-refractivity contribution >= 4 is 29.0 Å². The topological polar surface area (TPSA) is 64.7 Å². The Hall–Kier alpha value is -3.80. The van der Waals surface area contributed by atoms with Crippen molar-refractivity contribution in [2.75, 3.05) is 41.7 Å². The van der Waals surface area contributed by atoms with E-state index < -0.39 is 0 Å². The Balaban J connectivity index is 1.30. The Morgan fingerprint density at radius 2 is 1.33 bits per heavy atom. The molecule has 1 fully saturated rings. The predicted octanol–water partition coefficient (Wildman–Crippen LogP) is 6.21. The second-order valence-corrected chi connectivity index (χ2v) is 10.5. The number of urea groups is 1. The number of carbonyl (C=O) groups excluding carboxylic acids is 2. The van der Waals surface area contributed by atoms with Crippen molar-refractivity contribution in [1.82, 2.24) is 4.90 Å². The summed E-state index contributed by atoms with van der Waals surface area (Å²) in [5, 5.41) is 5.85. The number of benzene rings is 3. The van der Waals surface area contributed by atoms with E-state index in [2.05, 4.69) is 48.4 Å². The first kappa shape index (κ1) is 25.3. The molecule has 2 N–H and O–H groups in total. The van der Waals surface area contributed by atoms with Crippen LogP contribution in [-0.4, -0.2) is 43.0 Å². The molecular weight excluding hydrogens is 448 g/mol. The van der Waals surface area contributed by atoms with Crippen LogP contribution in [0, 0.1) is 13.8 Å². The first-order valence-electron chi connectivity index (χ1n) is 12.5. The lowest BCUT2D eigenvalue weighted by Crippen LogP contribution is -2.48. The average molecular weight is 485 g/mol. The summed E-state index contributed by atoms with van der Waals surface area (Å²) in [5.74, 6) is 0.0876. The fourth-order valence-corrected chi connectivity index (χ4v) is 4.51. The Morgan fingerprint density at radius 3 is 1.89 bits per heavy atom. The van der Waals surface area contributed by atoms with Crippen molar-refractivity contribution in [2.45, 2.75) is 40.0 Å². The van der Waals surface area contributed by atoms with Crippen LogP contribution in [0.4, 0.5) is 21.9 Å². The summed E-state index contributed by atoms with van der Waals surface area (Å²) in [6, 6.07) is 21.5. The highest BCUT2D eigenvalue weighted by atomic mass is 16.2. The van der Waals surface area contributed by atoms with E-state index in [9.17, 15) is 9.59 Å². The number of aryl methyl sites for hydroxylation is 2. The maximum Gasteiger partial charge on any atom is 0.323 e. The highest BCUT2D eigenvalue weighted by molar-refractivity contribution is 6.00. The highest BCUT2D eigenvalue weighted by Gasteiger charge is 2.23. The van der Waals surface area contributed by atoms with Gasteiger partial charge in [0.2, 0.25) is 0 Å². The van der Waals surface area contributed by atoms with E-state index in [0.717, 1.165) is 46.8 Å². The molecule has 0 radical (unpaired) electrons. The summed E-state index contributed by atoms with van der Waals surface area (Å²) < 4.78 is 0. The number of amides is 3. The molecule has 6 nitrogen and oxygen atoms in total. The van der Waals surface area contributed by atoms with Gasteiger partial charge in [0.05, 0.1) is 0 Å². The predicted molar refractivity (Wildman–Crippen MR) is 148 cm³/mol. The van der Waals surface area contributed by atoms with Gasteiger partial charge in [0, 0.05) is 48.8 Å². The maximum atomic E-state index is 13.0. The summed E-state index contributed by atoms with van der Waals surface area (Å²) in [4.78, 5) is 29.7. The fraction of sp³-hybridized carbons (Fsp3) is 0.333. The molecule has 0 unspecified atom stereocenters. The Kier molecular flexibility index (Phi) is 7.34. The smallest absolute Gasteiger partial charge is 0.323 e. The molecule has 1 heterocycles. The minimum Gasteiger partial charge on any atom is -0.368 e. The molecule has 188 valence electrons. The van der Waals surface area contributed by atoms with Crippen molar-refractivity contribution in [2.24, 2.45) is 0 Å². The number of hydrogen-bond donors (Lipinski definition) is 2. The van der Waals surface area contributed by atoms with Crippen LogP contribution in [0.5, 0.6) is 0 Å². The quantitative estimate of drug-likeness (QED) is 0.463. The van der Waals surface area contributed by atoms with Gasteiger partial charge < -0.3 is 20.4 Å². The number of nitrogens with one attached hydrogen (secondary N) is 2. The number of piperazine rings is 1. The van der Waals surface area contributed by atoms with Crippen molar-refractivity contribution in [3.8, 4) is 0 Å². The lowest BCUT2D eigenvalue weighted by atomic mass is 9.86. The molecule has 0 atom stereocenters. The molecule has 1 aliphatic heterocycles. The molecule has 36 heavy (non-hydrogen) atoms. The zero-order valence-corrected chi connectivity index (χ0v) is 21.9. The number of anilines is 3. The van der Waals surface area contributed by atoms with Crippen molar-refractivity contribution < 1.29 is 9.59 Å². The molecule has 1 saturated heterocycles. The lowest BCUT2D eigenvalue weighted by Gasteiger charge is -2.36. The van der Waals surface area contributed by atoms with E-state index in [-0.39, 0.29) is 17.4 Å². The van der Waals surface area contributed by atoms with Crippen LogP contribution < -0.4 is 15.5 Å². The Morgan fingerprint density at radius 1 is 0.750 bits per heavy atom. The van der Waals surface area contributed by atoms with Crippen molar-refractivity contribution in [1.29, 1.82) is 0 Å². The SMILES string of the molecule is Cc1cccc(C)c1NC(=O)Nc1ccc(N2CCN(C(=O)c3ccc(C(C)(C)C)cc3)CC2)cc1. The van der Waals surface area contributed by atoms with Gasteiger partial charge in [-0.25, -0.2) is 4.79 Å². The minimum absolute atomic E-state index is 0.0715. The molecule has 6 heteroatoms. The van der Waals surface area contributed by atoms with Gasteiger partial charge in [-0.2, -0.15) is 0 Å². The number of hydrogen-bond acceptors (Lipinski definition) is 3. The van der Waals surface area contributed by atoms with E-state index in [1.54, 1.807) is 0 Å². The number of para-hydroxylation sites is 1. The molecule has 0 spiro atoms. The zero-order valence-electron chi connectivity index (χ0n) is 21.9. The third-order valence-corrected chi connectivity index (χ3v) is 6.77.